The van der Waals surface area contributed by atoms with Crippen LogP contribution in [0.25, 0.3) is 62.9 Å². The highest BCUT2D eigenvalue weighted by Crippen LogP contribution is 2.45. The highest BCUT2D eigenvalue weighted by Gasteiger charge is 2.21. The standard InChI is InChI=1S/C46H48/c1-10-17-20-33(9)23-24-37(31-32(8)11-2)35-25-27-36(28-26-35)45-40(15-6)41(16-7)46(43-22-19-18-21-42(43)45)44-30-29-34(12-3)38(13-4)39(44)14-5/h13-31H,4-7,10-12H2,1-3,8-9H3/b20-17+,32-31+,33-23+,37-24+. The topological polar surface area (TPSA) is 0 Å². The monoisotopic (exact) mass is 600 g/mol. The summed E-state index contributed by atoms with van der Waals surface area (Å²) in [7, 11) is 0. The molecule has 4 aromatic rings. The summed E-state index contributed by atoms with van der Waals surface area (Å²) in [4.78, 5) is 0. The Kier molecular flexibility index (Phi) is 11.7. The minimum Gasteiger partial charge on any atom is -0.0984 e. The molecule has 0 heterocycles. The first kappa shape index (κ1) is 33.9. The van der Waals surface area contributed by atoms with Gasteiger partial charge < -0.3 is 0 Å². The maximum atomic E-state index is 4.31. The molecular formula is C46H48. The average Bonchev–Trinajstić information content (AvgIpc) is 3.10. The van der Waals surface area contributed by atoms with Gasteiger partial charge in [0.15, 0.2) is 0 Å². The first-order valence-corrected chi connectivity index (χ1v) is 16.4. The summed E-state index contributed by atoms with van der Waals surface area (Å²) >= 11 is 0. The fourth-order valence-corrected chi connectivity index (χ4v) is 6.18. The number of hydrogen-bond donors (Lipinski definition) is 0. The smallest absolute Gasteiger partial charge is 0.00204 e. The van der Waals surface area contributed by atoms with Crippen LogP contribution in [0.5, 0.6) is 0 Å². The Bertz CT molecular complexity index is 1890. The second-order valence-corrected chi connectivity index (χ2v) is 11.7. The zero-order valence-electron chi connectivity index (χ0n) is 28.4. The first-order valence-electron chi connectivity index (χ1n) is 16.4. The summed E-state index contributed by atoms with van der Waals surface area (Å²) in [6.45, 7) is 27.9. The minimum atomic E-state index is 0.931. The molecule has 0 unspecified atom stereocenters. The number of benzene rings is 4. The van der Waals surface area contributed by atoms with Gasteiger partial charge in [-0.05, 0) is 105 Å². The van der Waals surface area contributed by atoms with Gasteiger partial charge in [-0.1, -0.05) is 174 Å². The molecule has 4 aromatic carbocycles. The van der Waals surface area contributed by atoms with E-state index in [2.05, 4.69) is 152 Å². The van der Waals surface area contributed by atoms with Gasteiger partial charge in [0.05, 0.1) is 0 Å². The molecule has 0 N–H and O–H groups in total. The minimum absolute atomic E-state index is 0.931. The van der Waals surface area contributed by atoms with Crippen molar-refractivity contribution in [3.05, 3.63) is 162 Å². The second kappa shape index (κ2) is 15.9. The van der Waals surface area contributed by atoms with Crippen molar-refractivity contribution in [2.24, 2.45) is 0 Å². The molecule has 0 spiro atoms. The van der Waals surface area contributed by atoms with Crippen LogP contribution >= 0.6 is 0 Å². The summed E-state index contributed by atoms with van der Waals surface area (Å²) in [5, 5.41) is 2.35. The zero-order chi connectivity index (χ0) is 33.2. The van der Waals surface area contributed by atoms with E-state index in [1.54, 1.807) is 0 Å². The van der Waals surface area contributed by atoms with Crippen molar-refractivity contribution in [3.63, 3.8) is 0 Å². The van der Waals surface area contributed by atoms with E-state index in [0.29, 0.717) is 0 Å². The van der Waals surface area contributed by atoms with Gasteiger partial charge in [0.2, 0.25) is 0 Å². The molecule has 0 nitrogen and oxygen atoms in total. The maximum Gasteiger partial charge on any atom is -0.00204 e. The number of hydrogen-bond acceptors (Lipinski definition) is 0. The SMILES string of the molecule is C=Cc1c(CC)ccc(-c2c(C=C)c(C=C)c(-c3ccc(C(/C=C(\C)CC)=C/C=C(C)/C=C/CC)cc3)c3ccccc23)c1C=C. The fourth-order valence-electron chi connectivity index (χ4n) is 6.18. The molecule has 0 aliphatic heterocycles. The third-order valence-corrected chi connectivity index (χ3v) is 8.75. The number of fused-ring (bicyclic) bond motifs is 1. The average molecular weight is 601 g/mol. The van der Waals surface area contributed by atoms with E-state index in [-0.39, 0.29) is 0 Å². The predicted molar refractivity (Wildman–Crippen MR) is 210 cm³/mol. The van der Waals surface area contributed by atoms with Crippen LogP contribution in [0.1, 0.15) is 80.8 Å². The predicted octanol–water partition coefficient (Wildman–Crippen LogP) is 14.0. The molecule has 0 aromatic heterocycles. The fraction of sp³-hybridized carbons (Fsp3) is 0.174. The Morgan fingerprint density at radius 1 is 0.652 bits per heavy atom. The molecule has 0 amide bonds. The molecule has 0 saturated carbocycles. The van der Waals surface area contributed by atoms with Gasteiger partial charge in [0.25, 0.3) is 0 Å². The molecule has 0 atom stereocenters. The number of aryl methyl sites for hydroxylation is 1. The lowest BCUT2D eigenvalue weighted by molar-refractivity contribution is 1.10. The lowest BCUT2D eigenvalue weighted by Gasteiger charge is -2.22. The summed E-state index contributed by atoms with van der Waals surface area (Å²) in [5.41, 5.74) is 15.2. The van der Waals surface area contributed by atoms with Crippen LogP contribution < -0.4 is 0 Å². The quantitative estimate of drug-likeness (QED) is 0.134. The van der Waals surface area contributed by atoms with E-state index < -0.39 is 0 Å². The highest BCUT2D eigenvalue weighted by molar-refractivity contribution is 6.12. The van der Waals surface area contributed by atoms with Crippen LogP contribution in [-0.4, -0.2) is 0 Å². The summed E-state index contributed by atoms with van der Waals surface area (Å²) in [6, 6.07) is 22.1. The largest absolute Gasteiger partial charge is 0.0984 e. The Balaban J connectivity index is 1.99. The van der Waals surface area contributed by atoms with Crippen molar-refractivity contribution in [2.45, 2.75) is 53.9 Å². The van der Waals surface area contributed by atoms with Gasteiger partial charge in [-0.3, -0.25) is 0 Å². The molecule has 0 aliphatic rings. The van der Waals surface area contributed by atoms with E-state index >= 15 is 0 Å². The van der Waals surface area contributed by atoms with Crippen LogP contribution in [0.4, 0.5) is 0 Å². The Hall–Kier alpha value is -4.94. The van der Waals surface area contributed by atoms with Crippen LogP contribution in [0.2, 0.25) is 0 Å². The first-order chi connectivity index (χ1) is 22.4. The summed E-state index contributed by atoms with van der Waals surface area (Å²) in [6.07, 6.45) is 22.0. The summed E-state index contributed by atoms with van der Waals surface area (Å²) in [5.74, 6) is 0. The highest BCUT2D eigenvalue weighted by atomic mass is 14.2. The third kappa shape index (κ3) is 6.98. The number of rotatable bonds is 13. The van der Waals surface area contributed by atoms with Crippen LogP contribution in [0, 0.1) is 0 Å². The van der Waals surface area contributed by atoms with Crippen LogP contribution in [-0.2, 0) is 6.42 Å². The van der Waals surface area contributed by atoms with E-state index in [9.17, 15) is 0 Å². The van der Waals surface area contributed by atoms with Crippen LogP contribution in [0.15, 0.2) is 129 Å². The van der Waals surface area contributed by atoms with Gasteiger partial charge in [-0.2, -0.15) is 0 Å². The maximum absolute atomic E-state index is 4.31. The zero-order valence-corrected chi connectivity index (χ0v) is 28.4. The Labute approximate surface area is 277 Å². The molecule has 0 radical (unpaired) electrons. The van der Waals surface area contributed by atoms with E-state index in [4.69, 9.17) is 0 Å². The van der Waals surface area contributed by atoms with Crippen molar-refractivity contribution in [3.8, 4) is 22.3 Å². The van der Waals surface area contributed by atoms with Crippen LogP contribution in [0.3, 0.4) is 0 Å². The molecule has 46 heavy (non-hydrogen) atoms. The van der Waals surface area contributed by atoms with Gasteiger partial charge in [-0.25, -0.2) is 0 Å². The normalized spacial score (nSPS) is 12.5. The Morgan fingerprint density at radius 2 is 1.26 bits per heavy atom. The van der Waals surface area contributed by atoms with Gasteiger partial charge in [-0.15, -0.1) is 0 Å². The van der Waals surface area contributed by atoms with Gasteiger partial charge in [0, 0.05) is 0 Å². The van der Waals surface area contributed by atoms with Gasteiger partial charge in [0.1, 0.15) is 0 Å². The van der Waals surface area contributed by atoms with E-state index in [0.717, 1.165) is 63.8 Å². The molecule has 232 valence electrons. The van der Waals surface area contributed by atoms with E-state index in [1.807, 2.05) is 24.3 Å². The molecule has 0 bridgehead atoms. The number of allylic oxidation sites excluding steroid dienone is 8. The van der Waals surface area contributed by atoms with E-state index in [1.165, 1.54) is 38.6 Å². The molecular weight excluding hydrogens is 553 g/mol. The summed E-state index contributed by atoms with van der Waals surface area (Å²) < 4.78 is 0. The van der Waals surface area contributed by atoms with Crippen molar-refractivity contribution in [1.82, 2.24) is 0 Å². The lowest BCUT2D eigenvalue weighted by atomic mass is 9.81. The molecule has 0 fully saturated rings. The molecule has 0 heteroatoms. The van der Waals surface area contributed by atoms with Gasteiger partial charge >= 0.3 is 0 Å². The van der Waals surface area contributed by atoms with Crippen molar-refractivity contribution in [1.29, 1.82) is 0 Å². The molecule has 0 saturated heterocycles. The Morgan fingerprint density at radius 3 is 1.83 bits per heavy atom. The van der Waals surface area contributed by atoms with Crippen molar-refractivity contribution in [2.75, 3.05) is 0 Å². The third-order valence-electron chi connectivity index (χ3n) is 8.75. The lowest BCUT2D eigenvalue weighted by Crippen LogP contribution is -1.99. The van der Waals surface area contributed by atoms with Crippen molar-refractivity contribution < 1.29 is 0 Å². The van der Waals surface area contributed by atoms with Crippen molar-refractivity contribution >= 4 is 40.6 Å². The molecule has 0 aliphatic carbocycles. The second-order valence-electron chi connectivity index (χ2n) is 11.7. The molecule has 4 rings (SSSR count).